The summed E-state index contributed by atoms with van der Waals surface area (Å²) < 4.78 is 5.69. The standard InChI is InChI=1S/C20H32O/c1-14-6-5-7-16-19(14,3)9-8-15-12-18(2,17-13-21-17)10-11-20(15,16)4/h15-17H,1,5-13H2,2-4H3/t15-,16-,17?,18+,19-,20-/m1/s1. The van der Waals surface area contributed by atoms with Crippen LogP contribution in [0.3, 0.4) is 0 Å². The van der Waals surface area contributed by atoms with E-state index >= 15 is 0 Å². The molecule has 3 saturated carbocycles. The lowest BCUT2D eigenvalue weighted by Gasteiger charge is -2.63. The molecule has 4 rings (SSSR count). The SMILES string of the molecule is C=C1CCC[C@H]2[C@]3(C)CC[C@](C)(C4CO4)C[C@H]3CC[C@]12C. The number of ether oxygens (including phenoxy) is 1. The molecule has 1 unspecified atom stereocenters. The molecule has 21 heavy (non-hydrogen) atoms. The van der Waals surface area contributed by atoms with Crippen molar-refractivity contribution >= 4 is 0 Å². The highest BCUT2D eigenvalue weighted by Crippen LogP contribution is 2.67. The van der Waals surface area contributed by atoms with E-state index in [1.165, 1.54) is 51.4 Å². The van der Waals surface area contributed by atoms with E-state index in [0.717, 1.165) is 18.4 Å². The van der Waals surface area contributed by atoms with Gasteiger partial charge in [0.05, 0.1) is 12.7 Å². The van der Waals surface area contributed by atoms with Gasteiger partial charge in [0.2, 0.25) is 0 Å². The second kappa shape index (κ2) is 4.37. The molecule has 0 N–H and O–H groups in total. The van der Waals surface area contributed by atoms with Crippen molar-refractivity contribution < 1.29 is 4.74 Å². The van der Waals surface area contributed by atoms with Gasteiger partial charge in [-0.2, -0.15) is 0 Å². The molecular formula is C20H32O. The summed E-state index contributed by atoms with van der Waals surface area (Å²) in [5, 5.41) is 0. The first-order valence-corrected chi connectivity index (χ1v) is 9.18. The number of hydrogen-bond donors (Lipinski definition) is 0. The highest BCUT2D eigenvalue weighted by Gasteiger charge is 2.59. The molecule has 4 aliphatic rings. The summed E-state index contributed by atoms with van der Waals surface area (Å²) >= 11 is 0. The topological polar surface area (TPSA) is 12.5 Å². The number of epoxide rings is 1. The van der Waals surface area contributed by atoms with Crippen molar-refractivity contribution in [2.45, 2.75) is 78.2 Å². The summed E-state index contributed by atoms with van der Waals surface area (Å²) in [5.41, 5.74) is 3.04. The lowest BCUT2D eigenvalue weighted by atomic mass is 9.42. The third kappa shape index (κ3) is 1.92. The third-order valence-electron chi connectivity index (χ3n) is 8.35. The Kier molecular flexibility index (Phi) is 2.98. The monoisotopic (exact) mass is 288 g/mol. The molecule has 118 valence electrons. The van der Waals surface area contributed by atoms with Gasteiger partial charge in [0, 0.05) is 0 Å². The summed E-state index contributed by atoms with van der Waals surface area (Å²) in [6.07, 6.45) is 11.7. The molecule has 0 amide bonds. The van der Waals surface area contributed by atoms with E-state index in [-0.39, 0.29) is 0 Å². The molecule has 1 nitrogen and oxygen atoms in total. The van der Waals surface area contributed by atoms with Crippen molar-refractivity contribution in [3.63, 3.8) is 0 Å². The van der Waals surface area contributed by atoms with Gasteiger partial charge < -0.3 is 4.74 Å². The molecule has 3 aliphatic carbocycles. The van der Waals surface area contributed by atoms with Crippen LogP contribution in [-0.4, -0.2) is 12.7 Å². The van der Waals surface area contributed by atoms with Gasteiger partial charge in [0.1, 0.15) is 0 Å². The second-order valence-corrected chi connectivity index (χ2v) is 9.39. The maximum absolute atomic E-state index is 5.69. The van der Waals surface area contributed by atoms with E-state index in [9.17, 15) is 0 Å². The lowest BCUT2D eigenvalue weighted by Crippen LogP contribution is -2.54. The molecule has 1 saturated heterocycles. The quantitative estimate of drug-likeness (QED) is 0.468. The van der Waals surface area contributed by atoms with Crippen molar-refractivity contribution in [3.05, 3.63) is 12.2 Å². The highest BCUT2D eigenvalue weighted by molar-refractivity contribution is 5.20. The van der Waals surface area contributed by atoms with Crippen molar-refractivity contribution in [1.29, 1.82) is 0 Å². The molecule has 1 heteroatoms. The highest BCUT2D eigenvalue weighted by atomic mass is 16.6. The van der Waals surface area contributed by atoms with Gasteiger partial charge in [-0.25, -0.2) is 0 Å². The zero-order valence-corrected chi connectivity index (χ0v) is 14.2. The predicted molar refractivity (Wildman–Crippen MR) is 87.1 cm³/mol. The maximum atomic E-state index is 5.69. The molecule has 6 atom stereocenters. The predicted octanol–water partition coefficient (Wildman–Crippen LogP) is 5.35. The second-order valence-electron chi connectivity index (χ2n) is 9.39. The van der Waals surface area contributed by atoms with Gasteiger partial charge in [-0.1, -0.05) is 32.9 Å². The summed E-state index contributed by atoms with van der Waals surface area (Å²) in [4.78, 5) is 0. The van der Waals surface area contributed by atoms with Gasteiger partial charge in [-0.3, -0.25) is 0 Å². The molecular weight excluding hydrogens is 256 g/mol. The average Bonchev–Trinajstić information content (AvgIpc) is 3.27. The lowest BCUT2D eigenvalue weighted by molar-refractivity contribution is -0.109. The van der Waals surface area contributed by atoms with Gasteiger partial charge in [0.25, 0.3) is 0 Å². The fourth-order valence-corrected chi connectivity index (χ4v) is 6.54. The van der Waals surface area contributed by atoms with Crippen LogP contribution in [0.15, 0.2) is 12.2 Å². The van der Waals surface area contributed by atoms with Crippen LogP contribution in [0.2, 0.25) is 0 Å². The van der Waals surface area contributed by atoms with Crippen LogP contribution < -0.4 is 0 Å². The van der Waals surface area contributed by atoms with Gasteiger partial charge in [0.15, 0.2) is 0 Å². The smallest absolute Gasteiger partial charge is 0.0863 e. The van der Waals surface area contributed by atoms with Crippen LogP contribution in [-0.2, 0) is 4.74 Å². The molecule has 1 heterocycles. The zero-order chi connectivity index (χ0) is 14.9. The molecule has 0 bridgehead atoms. The van der Waals surface area contributed by atoms with Crippen molar-refractivity contribution in [1.82, 2.24) is 0 Å². The van der Waals surface area contributed by atoms with Gasteiger partial charge in [-0.05, 0) is 79.4 Å². The van der Waals surface area contributed by atoms with Gasteiger partial charge in [-0.15, -0.1) is 0 Å². The number of rotatable bonds is 1. The van der Waals surface area contributed by atoms with Crippen molar-refractivity contribution in [2.75, 3.05) is 6.61 Å². The van der Waals surface area contributed by atoms with Crippen molar-refractivity contribution in [2.24, 2.45) is 28.1 Å². The molecule has 0 aromatic carbocycles. The van der Waals surface area contributed by atoms with Crippen LogP contribution in [0.5, 0.6) is 0 Å². The third-order valence-corrected chi connectivity index (χ3v) is 8.35. The fourth-order valence-electron chi connectivity index (χ4n) is 6.54. The van der Waals surface area contributed by atoms with Crippen LogP contribution in [0.4, 0.5) is 0 Å². The average molecular weight is 288 g/mol. The van der Waals surface area contributed by atoms with E-state index in [1.807, 2.05) is 0 Å². The molecule has 0 aromatic rings. The Hall–Kier alpha value is -0.300. The number of fused-ring (bicyclic) bond motifs is 3. The molecule has 0 spiro atoms. The molecule has 1 aliphatic heterocycles. The van der Waals surface area contributed by atoms with E-state index in [4.69, 9.17) is 4.74 Å². The normalized spacial score (nSPS) is 56.5. The maximum Gasteiger partial charge on any atom is 0.0863 e. The van der Waals surface area contributed by atoms with E-state index in [1.54, 1.807) is 5.57 Å². The largest absolute Gasteiger partial charge is 0.373 e. The van der Waals surface area contributed by atoms with E-state index in [2.05, 4.69) is 27.4 Å². The Bertz CT molecular complexity index is 464. The Morgan fingerprint density at radius 3 is 2.57 bits per heavy atom. The van der Waals surface area contributed by atoms with E-state index in [0.29, 0.717) is 22.3 Å². The van der Waals surface area contributed by atoms with Gasteiger partial charge >= 0.3 is 0 Å². The van der Waals surface area contributed by atoms with Crippen LogP contribution in [0, 0.1) is 28.1 Å². The number of allylic oxidation sites excluding steroid dienone is 1. The Morgan fingerprint density at radius 2 is 1.86 bits per heavy atom. The Morgan fingerprint density at radius 1 is 1.10 bits per heavy atom. The first-order chi connectivity index (χ1) is 9.88. The summed E-state index contributed by atoms with van der Waals surface area (Å²) in [6.45, 7) is 13.2. The summed E-state index contributed by atoms with van der Waals surface area (Å²) in [5.74, 6) is 1.80. The summed E-state index contributed by atoms with van der Waals surface area (Å²) in [7, 11) is 0. The zero-order valence-electron chi connectivity index (χ0n) is 14.2. The van der Waals surface area contributed by atoms with Crippen LogP contribution in [0.1, 0.15) is 72.1 Å². The van der Waals surface area contributed by atoms with E-state index < -0.39 is 0 Å². The summed E-state index contributed by atoms with van der Waals surface area (Å²) in [6, 6.07) is 0. The number of hydrogen-bond acceptors (Lipinski definition) is 1. The minimum absolute atomic E-state index is 0.438. The van der Waals surface area contributed by atoms with Crippen molar-refractivity contribution in [3.8, 4) is 0 Å². The first-order valence-electron chi connectivity index (χ1n) is 9.18. The van der Waals surface area contributed by atoms with Crippen LogP contribution in [0.25, 0.3) is 0 Å². The molecule has 0 aromatic heterocycles. The van der Waals surface area contributed by atoms with Crippen LogP contribution >= 0.6 is 0 Å². The molecule has 0 radical (unpaired) electrons. The Labute approximate surface area is 130 Å². The minimum Gasteiger partial charge on any atom is -0.373 e. The Balaban J connectivity index is 1.63. The first kappa shape index (κ1) is 14.3. The molecule has 4 fully saturated rings. The minimum atomic E-state index is 0.438. The fraction of sp³-hybridized carbons (Fsp3) is 0.900.